The van der Waals surface area contributed by atoms with Crippen LogP contribution in [0.2, 0.25) is 0 Å². The quantitative estimate of drug-likeness (QED) is 0.835. The summed E-state index contributed by atoms with van der Waals surface area (Å²) in [5.74, 6) is 0.803. The van der Waals surface area contributed by atoms with Crippen LogP contribution in [0.4, 0.5) is 15.2 Å². The number of rotatable bonds is 5. The number of nitrogens with zero attached hydrogens (tertiary/aromatic N) is 2. The Kier molecular flexibility index (Phi) is 4.33. The molecule has 3 nitrogen and oxygen atoms in total. The first kappa shape index (κ1) is 12.3. The fraction of sp³-hybridized carbons (Fsp3) is 0.273. The van der Waals surface area contributed by atoms with Gasteiger partial charge in [-0.05, 0) is 30.7 Å². The van der Waals surface area contributed by atoms with Crippen LogP contribution in [0, 0.1) is 5.82 Å². The van der Waals surface area contributed by atoms with E-state index in [2.05, 4.69) is 22.4 Å². The van der Waals surface area contributed by atoms with Gasteiger partial charge in [0.05, 0.1) is 0 Å². The monoisotopic (exact) mass is 269 g/mol. The second-order valence-corrected chi connectivity index (χ2v) is 5.67. The van der Waals surface area contributed by atoms with E-state index in [4.69, 9.17) is 0 Å². The van der Waals surface area contributed by atoms with Crippen molar-refractivity contribution in [2.45, 2.75) is 17.7 Å². The third-order valence-electron chi connectivity index (χ3n) is 1.93. The van der Waals surface area contributed by atoms with Crippen LogP contribution in [-0.4, -0.2) is 16.0 Å². The molecule has 1 aromatic heterocycles. The van der Waals surface area contributed by atoms with Crippen LogP contribution in [0.1, 0.15) is 13.3 Å². The second kappa shape index (κ2) is 5.97. The van der Waals surface area contributed by atoms with E-state index < -0.39 is 0 Å². The molecule has 1 heterocycles. The van der Waals surface area contributed by atoms with Crippen molar-refractivity contribution in [1.82, 2.24) is 10.2 Å². The lowest BCUT2D eigenvalue weighted by molar-refractivity contribution is 0.628. The lowest BCUT2D eigenvalue weighted by atomic mass is 10.3. The van der Waals surface area contributed by atoms with Crippen molar-refractivity contribution in [3.63, 3.8) is 0 Å². The van der Waals surface area contributed by atoms with Gasteiger partial charge in [0.25, 0.3) is 0 Å². The maximum absolute atomic E-state index is 12.7. The van der Waals surface area contributed by atoms with Crippen molar-refractivity contribution in [2.75, 3.05) is 11.1 Å². The molecular formula is C11H12FN3S2. The molecule has 0 aliphatic carbocycles. The largest absolute Gasteiger partial charge is 0.330 e. The van der Waals surface area contributed by atoms with Gasteiger partial charge in [0.2, 0.25) is 5.13 Å². The molecule has 0 aliphatic rings. The number of thioether (sulfide) groups is 1. The molecule has 0 fully saturated rings. The van der Waals surface area contributed by atoms with Crippen LogP contribution in [0.25, 0.3) is 0 Å². The fourth-order valence-electron chi connectivity index (χ4n) is 1.16. The van der Waals surface area contributed by atoms with E-state index in [9.17, 15) is 4.39 Å². The summed E-state index contributed by atoms with van der Waals surface area (Å²) in [6.07, 6.45) is 1.12. The zero-order valence-corrected chi connectivity index (χ0v) is 10.9. The fourth-order valence-corrected chi connectivity index (χ4v) is 2.86. The molecule has 17 heavy (non-hydrogen) atoms. The van der Waals surface area contributed by atoms with Crippen LogP contribution >= 0.6 is 23.1 Å². The Balaban J connectivity index is 1.98. The highest BCUT2D eigenvalue weighted by molar-refractivity contribution is 8.01. The standard InChI is InChI=1S/C11H12FN3S2/c1-2-7-16-11-15-14-10(17-11)13-9-5-3-8(12)4-6-9/h3-6H,2,7H2,1H3,(H,13,14). The van der Waals surface area contributed by atoms with Crippen LogP contribution in [-0.2, 0) is 0 Å². The van der Waals surface area contributed by atoms with Crippen molar-refractivity contribution >= 4 is 33.9 Å². The third kappa shape index (κ3) is 3.67. The van der Waals surface area contributed by atoms with Gasteiger partial charge < -0.3 is 5.32 Å². The van der Waals surface area contributed by atoms with Gasteiger partial charge >= 0.3 is 0 Å². The van der Waals surface area contributed by atoms with E-state index in [0.29, 0.717) is 0 Å². The second-order valence-electron chi connectivity index (χ2n) is 3.35. The SMILES string of the molecule is CCCSc1nnc(Nc2ccc(F)cc2)s1. The highest BCUT2D eigenvalue weighted by Gasteiger charge is 2.04. The molecule has 2 rings (SSSR count). The van der Waals surface area contributed by atoms with E-state index in [-0.39, 0.29) is 5.82 Å². The number of anilines is 2. The number of halogens is 1. The lowest BCUT2D eigenvalue weighted by Crippen LogP contribution is -1.89. The van der Waals surface area contributed by atoms with Gasteiger partial charge in [-0.1, -0.05) is 30.0 Å². The maximum Gasteiger partial charge on any atom is 0.210 e. The maximum atomic E-state index is 12.7. The molecule has 1 aromatic carbocycles. The summed E-state index contributed by atoms with van der Waals surface area (Å²) in [6.45, 7) is 2.13. The molecule has 0 bridgehead atoms. The van der Waals surface area contributed by atoms with Crippen molar-refractivity contribution in [3.05, 3.63) is 30.1 Å². The summed E-state index contributed by atoms with van der Waals surface area (Å²) in [5, 5.41) is 11.9. The van der Waals surface area contributed by atoms with Gasteiger partial charge in [0.1, 0.15) is 5.82 Å². The molecule has 6 heteroatoms. The van der Waals surface area contributed by atoms with Crippen LogP contribution in [0.15, 0.2) is 28.6 Å². The van der Waals surface area contributed by atoms with Crippen LogP contribution in [0.5, 0.6) is 0 Å². The molecule has 90 valence electrons. The Bertz CT molecular complexity index is 470. The summed E-state index contributed by atoms with van der Waals surface area (Å²) in [5.41, 5.74) is 0.814. The van der Waals surface area contributed by atoms with Gasteiger partial charge in [-0.15, -0.1) is 10.2 Å². The van der Waals surface area contributed by atoms with E-state index in [1.807, 2.05) is 0 Å². The van der Waals surface area contributed by atoms with Gasteiger partial charge in [0.15, 0.2) is 4.34 Å². The summed E-state index contributed by atoms with van der Waals surface area (Å²) in [4.78, 5) is 0. The van der Waals surface area contributed by atoms with Gasteiger partial charge in [-0.2, -0.15) is 0 Å². The topological polar surface area (TPSA) is 37.8 Å². The zero-order chi connectivity index (χ0) is 12.1. The Morgan fingerprint density at radius 3 is 2.76 bits per heavy atom. The Hall–Kier alpha value is -1.14. The van der Waals surface area contributed by atoms with Gasteiger partial charge in [-0.3, -0.25) is 0 Å². The minimum absolute atomic E-state index is 0.244. The van der Waals surface area contributed by atoms with E-state index in [1.54, 1.807) is 23.9 Å². The molecule has 0 amide bonds. The minimum Gasteiger partial charge on any atom is -0.330 e. The molecule has 2 aromatic rings. The van der Waals surface area contributed by atoms with Gasteiger partial charge in [-0.25, -0.2) is 4.39 Å². The highest BCUT2D eigenvalue weighted by Crippen LogP contribution is 2.27. The number of benzene rings is 1. The summed E-state index contributed by atoms with van der Waals surface area (Å²) in [7, 11) is 0. The Labute approximate surface area is 107 Å². The summed E-state index contributed by atoms with van der Waals surface area (Å²) < 4.78 is 13.7. The minimum atomic E-state index is -0.244. The number of hydrogen-bond acceptors (Lipinski definition) is 5. The van der Waals surface area contributed by atoms with Gasteiger partial charge in [0, 0.05) is 11.4 Å². The smallest absolute Gasteiger partial charge is 0.210 e. The molecule has 0 aliphatic heterocycles. The predicted octanol–water partition coefficient (Wildman–Crippen LogP) is 3.92. The first-order valence-electron chi connectivity index (χ1n) is 5.27. The molecule has 1 N–H and O–H groups in total. The first-order chi connectivity index (χ1) is 8.28. The Morgan fingerprint density at radius 1 is 1.29 bits per heavy atom. The van der Waals surface area contributed by atoms with E-state index >= 15 is 0 Å². The Morgan fingerprint density at radius 2 is 2.06 bits per heavy atom. The summed E-state index contributed by atoms with van der Waals surface area (Å²) in [6, 6.07) is 6.18. The normalized spacial score (nSPS) is 10.5. The molecule has 0 atom stereocenters. The van der Waals surface area contributed by atoms with E-state index in [1.165, 1.54) is 23.5 Å². The van der Waals surface area contributed by atoms with Crippen molar-refractivity contribution in [3.8, 4) is 0 Å². The lowest BCUT2D eigenvalue weighted by Gasteiger charge is -2.00. The summed E-state index contributed by atoms with van der Waals surface area (Å²) >= 11 is 3.21. The molecule has 0 spiro atoms. The third-order valence-corrected chi connectivity index (χ3v) is 4.11. The first-order valence-corrected chi connectivity index (χ1v) is 7.07. The molecule has 0 saturated carbocycles. The van der Waals surface area contributed by atoms with Crippen molar-refractivity contribution in [1.29, 1.82) is 0 Å². The zero-order valence-electron chi connectivity index (χ0n) is 9.31. The molecular weight excluding hydrogens is 257 g/mol. The predicted molar refractivity (Wildman–Crippen MR) is 70.6 cm³/mol. The van der Waals surface area contributed by atoms with Crippen LogP contribution in [0.3, 0.4) is 0 Å². The van der Waals surface area contributed by atoms with Crippen LogP contribution < -0.4 is 5.32 Å². The van der Waals surface area contributed by atoms with Crippen molar-refractivity contribution < 1.29 is 4.39 Å². The molecule has 0 saturated heterocycles. The van der Waals surface area contributed by atoms with Crippen molar-refractivity contribution in [2.24, 2.45) is 0 Å². The average molecular weight is 269 g/mol. The number of hydrogen-bond donors (Lipinski definition) is 1. The number of nitrogens with one attached hydrogen (secondary N) is 1. The average Bonchev–Trinajstić information content (AvgIpc) is 2.77. The number of aromatic nitrogens is 2. The molecule has 0 radical (unpaired) electrons. The highest BCUT2D eigenvalue weighted by atomic mass is 32.2. The van der Waals surface area contributed by atoms with E-state index in [0.717, 1.165) is 27.3 Å². The molecule has 0 unspecified atom stereocenters.